The quantitative estimate of drug-likeness (QED) is 0.101. The molecule has 79 heavy (non-hydrogen) atoms. The van der Waals surface area contributed by atoms with Crippen LogP contribution in [0.4, 0.5) is 51.2 Å². The van der Waals surface area contributed by atoms with Crippen LogP contribution in [-0.4, -0.2) is 6.71 Å². The zero-order chi connectivity index (χ0) is 54.0. The van der Waals surface area contributed by atoms with Gasteiger partial charge in [0.2, 0.25) is 6.71 Å². The number of rotatable bonds is 14. The monoisotopic (exact) mass is 1020 g/mol. The predicted molar refractivity (Wildman–Crippen MR) is 340 cm³/mol. The molecule has 0 spiro atoms. The summed E-state index contributed by atoms with van der Waals surface area (Å²) in [4.78, 5) is 7.21. The van der Waals surface area contributed by atoms with E-state index in [0.717, 1.165) is 45.4 Å². The molecule has 0 saturated carbocycles. The molecular formula is C75H66BN3. The molecular weight excluding hydrogens is 954 g/mol. The Morgan fingerprint density at radius 1 is 0.291 bits per heavy atom. The molecule has 1 heterocycles. The molecule has 3 nitrogen and oxygen atoms in total. The molecule has 0 radical (unpaired) electrons. The van der Waals surface area contributed by atoms with Gasteiger partial charge in [0.05, 0.1) is 0 Å². The molecule has 0 atom stereocenters. The van der Waals surface area contributed by atoms with Gasteiger partial charge in [-0.25, -0.2) is 0 Å². The van der Waals surface area contributed by atoms with Crippen LogP contribution < -0.4 is 31.1 Å². The maximum Gasteiger partial charge on any atom is 0.247 e. The standard InChI is InChI=1S/C75H66BN3/c1-52(2)61-48-69(53(3)4)75(70(49-61)54(5)6)76-71-46-38-59(57-34-42-66(43-35-57)77(62-24-14-8-15-25-62)63-26-16-9-17-27-63)50-73(71)79(65-30-20-11-21-31-65)74-51-60(39-47-72(74)76)58-36-44-68(45-37-58)78(64-28-18-10-19-29-64)67-40-32-56(33-41-67)55-22-12-7-13-23-55/h7-54H,1-6H3. The third kappa shape index (κ3) is 10.1. The summed E-state index contributed by atoms with van der Waals surface area (Å²) in [6.07, 6.45) is 0. The number of hydrogen-bond donors (Lipinski definition) is 0. The molecule has 0 N–H and O–H groups in total. The Bertz CT molecular complexity index is 3770. The van der Waals surface area contributed by atoms with Gasteiger partial charge in [-0.2, -0.15) is 0 Å². The molecule has 0 bridgehead atoms. The Kier molecular flexibility index (Phi) is 14.2. The minimum absolute atomic E-state index is 0.00756. The van der Waals surface area contributed by atoms with Crippen LogP contribution in [0.25, 0.3) is 33.4 Å². The second-order valence-corrected chi connectivity index (χ2v) is 21.9. The maximum atomic E-state index is 2.53. The SMILES string of the molecule is CC(C)c1cc(C(C)C)c(B2c3ccc(-c4ccc(N(c5ccccc5)c5ccccc5)cc4)cc3N(c3ccccc3)c3cc(-c4ccc(N(c5ccccc5)c5ccc(-c6ccccc6)cc5)cc4)ccc32)c(C(C)C)c1. The number of fused-ring (bicyclic) bond motifs is 2. The fourth-order valence-corrected chi connectivity index (χ4v) is 11.8. The van der Waals surface area contributed by atoms with E-state index in [1.807, 2.05) is 0 Å². The van der Waals surface area contributed by atoms with E-state index in [1.54, 1.807) is 0 Å². The first-order chi connectivity index (χ1) is 38.7. The van der Waals surface area contributed by atoms with E-state index in [0.29, 0.717) is 17.8 Å². The summed E-state index contributed by atoms with van der Waals surface area (Å²) >= 11 is 0. The fraction of sp³-hybridized carbons (Fsp3) is 0.120. The van der Waals surface area contributed by atoms with Crippen LogP contribution in [0.2, 0.25) is 0 Å². The van der Waals surface area contributed by atoms with E-state index in [1.165, 1.54) is 72.3 Å². The summed E-state index contributed by atoms with van der Waals surface area (Å²) in [7, 11) is 0. The second kappa shape index (κ2) is 22.1. The Labute approximate surface area is 468 Å². The maximum absolute atomic E-state index is 2.53. The van der Waals surface area contributed by atoms with E-state index in [-0.39, 0.29) is 6.71 Å². The lowest BCUT2D eigenvalue weighted by molar-refractivity contribution is 0.812. The highest BCUT2D eigenvalue weighted by Crippen LogP contribution is 2.43. The Morgan fingerprint density at radius 3 is 0.949 bits per heavy atom. The molecule has 11 aromatic rings. The van der Waals surface area contributed by atoms with Crippen LogP contribution in [-0.2, 0) is 0 Å². The summed E-state index contributed by atoms with van der Waals surface area (Å²) < 4.78 is 0. The number of nitrogens with zero attached hydrogens (tertiary/aromatic N) is 3. The zero-order valence-electron chi connectivity index (χ0n) is 46.1. The summed E-state index contributed by atoms with van der Waals surface area (Å²) in [5.41, 5.74) is 25.6. The van der Waals surface area contributed by atoms with Crippen molar-refractivity contribution in [3.63, 3.8) is 0 Å². The lowest BCUT2D eigenvalue weighted by Crippen LogP contribution is -2.59. The molecule has 11 aromatic carbocycles. The third-order valence-electron chi connectivity index (χ3n) is 15.8. The van der Waals surface area contributed by atoms with Gasteiger partial charge in [-0.05, 0) is 176 Å². The lowest BCUT2D eigenvalue weighted by Gasteiger charge is -2.39. The number of hydrogen-bond acceptors (Lipinski definition) is 3. The smallest absolute Gasteiger partial charge is 0.247 e. The van der Waals surface area contributed by atoms with Crippen LogP contribution in [0, 0.1) is 0 Å². The van der Waals surface area contributed by atoms with Gasteiger partial charge in [-0.15, -0.1) is 0 Å². The minimum atomic E-state index is -0.00756. The highest BCUT2D eigenvalue weighted by Gasteiger charge is 2.39. The van der Waals surface area contributed by atoms with Gasteiger partial charge in [-0.3, -0.25) is 0 Å². The number of benzene rings is 11. The van der Waals surface area contributed by atoms with E-state index < -0.39 is 0 Å². The van der Waals surface area contributed by atoms with Crippen LogP contribution in [0.3, 0.4) is 0 Å². The highest BCUT2D eigenvalue weighted by atomic mass is 15.2. The number of anilines is 9. The molecule has 0 fully saturated rings. The largest absolute Gasteiger partial charge is 0.311 e. The summed E-state index contributed by atoms with van der Waals surface area (Å²) in [6.45, 7) is 14.2. The summed E-state index contributed by atoms with van der Waals surface area (Å²) in [5.74, 6) is 1.06. The van der Waals surface area contributed by atoms with Gasteiger partial charge in [-0.1, -0.05) is 223 Å². The van der Waals surface area contributed by atoms with Crippen LogP contribution in [0.5, 0.6) is 0 Å². The Morgan fingerprint density at radius 2 is 0.595 bits per heavy atom. The van der Waals surface area contributed by atoms with Gasteiger partial charge in [0.1, 0.15) is 0 Å². The average molecular weight is 1020 g/mol. The van der Waals surface area contributed by atoms with Crippen molar-refractivity contribution in [3.05, 3.63) is 290 Å². The normalized spacial score (nSPS) is 12.0. The first-order valence-electron chi connectivity index (χ1n) is 28.1. The zero-order valence-corrected chi connectivity index (χ0v) is 46.1. The van der Waals surface area contributed by atoms with Crippen molar-refractivity contribution in [2.24, 2.45) is 0 Å². The van der Waals surface area contributed by atoms with Crippen molar-refractivity contribution in [1.82, 2.24) is 0 Å². The molecule has 0 aromatic heterocycles. The van der Waals surface area contributed by atoms with E-state index in [2.05, 4.69) is 329 Å². The topological polar surface area (TPSA) is 9.72 Å². The molecule has 0 aliphatic carbocycles. The first kappa shape index (κ1) is 50.7. The van der Waals surface area contributed by atoms with Gasteiger partial charge < -0.3 is 14.7 Å². The van der Waals surface area contributed by atoms with E-state index >= 15 is 0 Å². The van der Waals surface area contributed by atoms with Crippen LogP contribution >= 0.6 is 0 Å². The third-order valence-corrected chi connectivity index (χ3v) is 15.8. The van der Waals surface area contributed by atoms with E-state index in [4.69, 9.17) is 0 Å². The van der Waals surface area contributed by atoms with Crippen molar-refractivity contribution < 1.29 is 0 Å². The van der Waals surface area contributed by atoms with Crippen molar-refractivity contribution in [2.75, 3.05) is 14.7 Å². The van der Waals surface area contributed by atoms with Crippen molar-refractivity contribution in [2.45, 2.75) is 59.3 Å². The molecule has 12 rings (SSSR count). The number of para-hydroxylation sites is 4. The van der Waals surface area contributed by atoms with Gasteiger partial charge in [0.15, 0.2) is 0 Å². The molecule has 0 saturated heterocycles. The highest BCUT2D eigenvalue weighted by molar-refractivity contribution is 6.98. The van der Waals surface area contributed by atoms with Crippen molar-refractivity contribution >= 4 is 74.3 Å². The Hall–Kier alpha value is -9.12. The van der Waals surface area contributed by atoms with E-state index in [9.17, 15) is 0 Å². The van der Waals surface area contributed by atoms with Crippen LogP contribution in [0.15, 0.2) is 273 Å². The predicted octanol–water partition coefficient (Wildman–Crippen LogP) is 19.3. The average Bonchev–Trinajstić information content (AvgIpc) is 3.51. The van der Waals surface area contributed by atoms with Gasteiger partial charge in [0.25, 0.3) is 0 Å². The van der Waals surface area contributed by atoms with Crippen molar-refractivity contribution in [3.8, 4) is 33.4 Å². The lowest BCUT2D eigenvalue weighted by atomic mass is 9.33. The summed E-state index contributed by atoms with van der Waals surface area (Å²) in [5, 5.41) is 0. The second-order valence-electron chi connectivity index (χ2n) is 21.9. The molecule has 0 amide bonds. The molecule has 4 heteroatoms. The van der Waals surface area contributed by atoms with Gasteiger partial charge in [0, 0.05) is 51.2 Å². The molecule has 384 valence electrons. The fourth-order valence-electron chi connectivity index (χ4n) is 11.8. The Balaban J connectivity index is 1.00. The summed E-state index contributed by atoms with van der Waals surface area (Å²) in [6, 6.07) is 100. The first-order valence-corrected chi connectivity index (χ1v) is 28.1. The van der Waals surface area contributed by atoms with Gasteiger partial charge >= 0.3 is 0 Å². The van der Waals surface area contributed by atoms with Crippen molar-refractivity contribution in [1.29, 1.82) is 0 Å². The molecule has 0 unspecified atom stereocenters. The van der Waals surface area contributed by atoms with Crippen LogP contribution in [0.1, 0.15) is 76.0 Å². The molecule has 1 aliphatic heterocycles. The molecule has 1 aliphatic rings. The minimum Gasteiger partial charge on any atom is -0.311 e.